The number of ketones is 1. The molecule has 12 heavy (non-hydrogen) atoms. The first kappa shape index (κ1) is 11.5. The molecule has 0 aliphatic carbocycles. The Bertz CT molecular complexity index is 218. The van der Waals surface area contributed by atoms with Gasteiger partial charge in [0.15, 0.2) is 5.78 Å². The molecule has 0 aromatic rings. The third-order valence-corrected chi connectivity index (χ3v) is 1.42. The van der Waals surface area contributed by atoms with Crippen molar-refractivity contribution >= 4 is 13.6 Å². The fraction of sp³-hybridized carbons (Fsp3) is 0.400. The molecule has 0 aromatic heterocycles. The van der Waals surface area contributed by atoms with E-state index in [-0.39, 0.29) is 0 Å². The average molecular weight is 196 g/mol. The van der Waals surface area contributed by atoms with E-state index in [2.05, 4.69) is 11.1 Å². The number of phosphoric ester groups is 1. The predicted molar refractivity (Wildman–Crippen MR) is 39.2 cm³/mol. The minimum Gasteiger partial charge on any atom is -0.382 e. The molecule has 1 atom stereocenters. The largest absolute Gasteiger partial charge is 0.469 e. The number of hydrogen-bond acceptors (Lipinski definition) is 4. The van der Waals surface area contributed by atoms with Gasteiger partial charge in [0, 0.05) is 0 Å². The highest BCUT2D eigenvalue weighted by molar-refractivity contribution is 7.46. The molecule has 0 aromatic carbocycles. The molecule has 0 amide bonds. The van der Waals surface area contributed by atoms with E-state index in [9.17, 15) is 9.36 Å². The molecule has 0 saturated carbocycles. The molecule has 3 N–H and O–H groups in total. The fourth-order valence-electron chi connectivity index (χ4n) is 0.386. The van der Waals surface area contributed by atoms with Gasteiger partial charge in [-0.15, -0.1) is 0 Å². The molecule has 0 heterocycles. The van der Waals surface area contributed by atoms with Crippen LogP contribution in [0, 0.1) is 0 Å². The van der Waals surface area contributed by atoms with Crippen molar-refractivity contribution in [3.8, 4) is 0 Å². The Morgan fingerprint density at radius 1 is 1.67 bits per heavy atom. The maximum Gasteiger partial charge on any atom is 0.469 e. The first-order chi connectivity index (χ1) is 5.37. The highest BCUT2D eigenvalue weighted by Gasteiger charge is 2.19. The van der Waals surface area contributed by atoms with Crippen LogP contribution in [-0.4, -0.2) is 33.4 Å². The number of carbonyl (C=O) groups excluding carboxylic acids is 1. The van der Waals surface area contributed by atoms with Gasteiger partial charge >= 0.3 is 7.82 Å². The summed E-state index contributed by atoms with van der Waals surface area (Å²) in [6.45, 7) is 2.33. The predicted octanol–water partition coefficient (Wildman–Crippen LogP) is -0.788. The highest BCUT2D eigenvalue weighted by atomic mass is 31.2. The van der Waals surface area contributed by atoms with Crippen LogP contribution in [0.4, 0.5) is 0 Å². The lowest BCUT2D eigenvalue weighted by Gasteiger charge is -2.07. The van der Waals surface area contributed by atoms with E-state index in [1.54, 1.807) is 0 Å². The molecule has 0 saturated heterocycles. The molecule has 0 aliphatic rings. The summed E-state index contributed by atoms with van der Waals surface area (Å²) >= 11 is 0. The van der Waals surface area contributed by atoms with E-state index in [0.717, 1.165) is 6.08 Å². The minimum atomic E-state index is -4.62. The summed E-state index contributed by atoms with van der Waals surface area (Å²) in [5.74, 6) is -0.747. The molecule has 0 radical (unpaired) electrons. The van der Waals surface area contributed by atoms with Crippen LogP contribution in [0.2, 0.25) is 0 Å². The van der Waals surface area contributed by atoms with Crippen molar-refractivity contribution in [1.29, 1.82) is 0 Å². The number of phosphoric acid groups is 1. The molecule has 0 rings (SSSR count). The summed E-state index contributed by atoms with van der Waals surface area (Å²) in [6.07, 6.45) is -0.733. The van der Waals surface area contributed by atoms with Gasteiger partial charge in [-0.1, -0.05) is 6.58 Å². The topological polar surface area (TPSA) is 104 Å². The summed E-state index contributed by atoms with van der Waals surface area (Å²) < 4.78 is 13.9. The molecule has 0 bridgehead atoms. The molecule has 0 spiro atoms. The van der Waals surface area contributed by atoms with Crippen molar-refractivity contribution in [3.05, 3.63) is 12.7 Å². The smallest absolute Gasteiger partial charge is 0.382 e. The van der Waals surface area contributed by atoms with Crippen molar-refractivity contribution < 1.29 is 28.8 Å². The Labute approximate surface area is 68.7 Å². The fourth-order valence-corrected chi connectivity index (χ4v) is 0.721. The van der Waals surface area contributed by atoms with Crippen molar-refractivity contribution in [2.45, 2.75) is 6.10 Å². The molecule has 7 heteroatoms. The molecule has 0 aliphatic heterocycles. The van der Waals surface area contributed by atoms with Crippen LogP contribution in [-0.2, 0) is 13.9 Å². The van der Waals surface area contributed by atoms with Crippen LogP contribution in [0.1, 0.15) is 0 Å². The van der Waals surface area contributed by atoms with E-state index in [1.165, 1.54) is 0 Å². The van der Waals surface area contributed by atoms with Gasteiger partial charge in [0.2, 0.25) is 0 Å². The Morgan fingerprint density at radius 3 is 2.50 bits per heavy atom. The quantitative estimate of drug-likeness (QED) is 0.393. The Balaban J connectivity index is 3.87. The summed E-state index contributed by atoms with van der Waals surface area (Å²) in [7, 11) is -4.62. The third kappa shape index (κ3) is 5.17. The number of aliphatic hydroxyl groups is 1. The standard InChI is InChI=1S/C5H9O6P/c1-2-4(6)5(7)3-11-12(8,9)10/h2,5,7H,1,3H2,(H2,8,9,10). The normalized spacial score (nSPS) is 13.9. The van der Waals surface area contributed by atoms with Gasteiger partial charge in [0.1, 0.15) is 6.10 Å². The van der Waals surface area contributed by atoms with Crippen molar-refractivity contribution in [2.24, 2.45) is 0 Å². The molecule has 0 fully saturated rings. The zero-order valence-electron chi connectivity index (χ0n) is 6.08. The lowest BCUT2D eigenvalue weighted by Crippen LogP contribution is -2.23. The summed E-state index contributed by atoms with van der Waals surface area (Å²) in [5.41, 5.74) is 0. The minimum absolute atomic E-state index is 0.741. The molecular weight excluding hydrogens is 187 g/mol. The summed E-state index contributed by atoms with van der Waals surface area (Å²) in [6, 6.07) is 0. The second kappa shape index (κ2) is 4.49. The van der Waals surface area contributed by atoms with Gasteiger partial charge in [-0.2, -0.15) is 0 Å². The van der Waals surface area contributed by atoms with E-state index in [0.29, 0.717) is 0 Å². The number of carbonyl (C=O) groups is 1. The van der Waals surface area contributed by atoms with Crippen molar-refractivity contribution in [3.63, 3.8) is 0 Å². The van der Waals surface area contributed by atoms with E-state index >= 15 is 0 Å². The summed E-state index contributed by atoms with van der Waals surface area (Å²) in [4.78, 5) is 26.9. The van der Waals surface area contributed by atoms with Crippen LogP contribution in [0.25, 0.3) is 0 Å². The zero-order valence-corrected chi connectivity index (χ0v) is 6.98. The van der Waals surface area contributed by atoms with Crippen LogP contribution in [0.5, 0.6) is 0 Å². The van der Waals surface area contributed by atoms with Crippen LogP contribution in [0.15, 0.2) is 12.7 Å². The second-order valence-electron chi connectivity index (χ2n) is 1.91. The number of aliphatic hydroxyl groups excluding tert-OH is 1. The number of hydrogen-bond donors (Lipinski definition) is 3. The molecule has 1 unspecified atom stereocenters. The SMILES string of the molecule is C=CC(=O)C(O)COP(=O)(O)O. The van der Waals surface area contributed by atoms with Crippen molar-refractivity contribution in [2.75, 3.05) is 6.61 Å². The van der Waals surface area contributed by atoms with Crippen LogP contribution < -0.4 is 0 Å². The Kier molecular flexibility index (Phi) is 4.30. The Hall–Kier alpha value is -0.520. The number of rotatable bonds is 5. The van der Waals surface area contributed by atoms with Gasteiger partial charge in [-0.3, -0.25) is 9.32 Å². The van der Waals surface area contributed by atoms with Gasteiger partial charge < -0.3 is 14.9 Å². The van der Waals surface area contributed by atoms with E-state index < -0.39 is 26.3 Å². The lowest BCUT2D eigenvalue weighted by molar-refractivity contribution is -0.123. The van der Waals surface area contributed by atoms with E-state index in [1.807, 2.05) is 0 Å². The van der Waals surface area contributed by atoms with Crippen LogP contribution in [0.3, 0.4) is 0 Å². The monoisotopic (exact) mass is 196 g/mol. The second-order valence-corrected chi connectivity index (χ2v) is 3.15. The Morgan fingerprint density at radius 2 is 2.17 bits per heavy atom. The van der Waals surface area contributed by atoms with E-state index in [4.69, 9.17) is 14.9 Å². The maximum atomic E-state index is 10.5. The van der Waals surface area contributed by atoms with Gasteiger partial charge in [0.25, 0.3) is 0 Å². The molecular formula is C5H9O6P. The van der Waals surface area contributed by atoms with Gasteiger partial charge in [-0.05, 0) is 6.08 Å². The van der Waals surface area contributed by atoms with Gasteiger partial charge in [0.05, 0.1) is 6.61 Å². The van der Waals surface area contributed by atoms with Gasteiger partial charge in [-0.25, -0.2) is 4.57 Å². The summed E-state index contributed by atoms with van der Waals surface area (Å²) in [5, 5.41) is 8.79. The van der Waals surface area contributed by atoms with Crippen LogP contribution >= 0.6 is 7.82 Å². The highest BCUT2D eigenvalue weighted by Crippen LogP contribution is 2.35. The molecule has 6 nitrogen and oxygen atoms in total. The maximum absolute atomic E-state index is 10.5. The average Bonchev–Trinajstić information content (AvgIpc) is 1.97. The zero-order chi connectivity index (χ0) is 9.78. The third-order valence-electron chi connectivity index (χ3n) is 0.930. The van der Waals surface area contributed by atoms with Crippen molar-refractivity contribution in [1.82, 2.24) is 0 Å². The lowest BCUT2D eigenvalue weighted by atomic mass is 10.2. The first-order valence-corrected chi connectivity index (χ1v) is 4.44. The molecule has 70 valence electrons. The first-order valence-electron chi connectivity index (χ1n) is 2.91.